The van der Waals surface area contributed by atoms with Gasteiger partial charge in [0.2, 0.25) is 0 Å². The molecule has 0 amide bonds. The van der Waals surface area contributed by atoms with Gasteiger partial charge in [-0.3, -0.25) is 0 Å². The molecule has 6 aromatic rings. The van der Waals surface area contributed by atoms with E-state index in [-0.39, 0.29) is 0 Å². The SMILES string of the molecule is C=C(c1ccccc1)c1c(Cl)cc(C2(c3ccccc3)c3ccccc3-c3ccccc32)cc1-c1ccccc1C. The minimum atomic E-state index is -0.526. The molecule has 1 aliphatic carbocycles. The smallest absolute Gasteiger partial charge is 0.0714 e. The van der Waals surface area contributed by atoms with E-state index in [9.17, 15) is 0 Å². The molecule has 0 fully saturated rings. The topological polar surface area (TPSA) is 0 Å². The largest absolute Gasteiger partial charge is 0.0905 e. The molecule has 1 aliphatic rings. The van der Waals surface area contributed by atoms with Gasteiger partial charge >= 0.3 is 0 Å². The highest BCUT2D eigenvalue weighted by Gasteiger charge is 2.46. The molecule has 0 saturated carbocycles. The fraction of sp³-hybridized carbons (Fsp3) is 0.0500. The lowest BCUT2D eigenvalue weighted by molar-refractivity contribution is 0.768. The number of aryl methyl sites for hydroxylation is 1. The Morgan fingerprint density at radius 1 is 0.537 bits per heavy atom. The van der Waals surface area contributed by atoms with E-state index in [1.165, 1.54) is 33.4 Å². The molecule has 0 aliphatic heterocycles. The highest BCUT2D eigenvalue weighted by molar-refractivity contribution is 6.33. The van der Waals surface area contributed by atoms with Crippen LogP contribution in [0.3, 0.4) is 0 Å². The normalized spacial score (nSPS) is 12.9. The molecule has 0 N–H and O–H groups in total. The second kappa shape index (κ2) is 10.1. The van der Waals surface area contributed by atoms with E-state index in [4.69, 9.17) is 11.6 Å². The number of rotatable bonds is 5. The zero-order chi connectivity index (χ0) is 28.0. The summed E-state index contributed by atoms with van der Waals surface area (Å²) in [6.07, 6.45) is 0. The molecule has 0 spiro atoms. The number of hydrogen-bond donors (Lipinski definition) is 0. The van der Waals surface area contributed by atoms with E-state index in [1.54, 1.807) is 0 Å². The van der Waals surface area contributed by atoms with Crippen LogP contribution in [0.4, 0.5) is 0 Å². The Morgan fingerprint density at radius 2 is 1.05 bits per heavy atom. The summed E-state index contributed by atoms with van der Waals surface area (Å²) in [4.78, 5) is 0. The van der Waals surface area contributed by atoms with Gasteiger partial charge in [0.15, 0.2) is 0 Å². The Kier molecular flexibility index (Phi) is 6.22. The first-order valence-corrected chi connectivity index (χ1v) is 14.4. The van der Waals surface area contributed by atoms with Crippen molar-refractivity contribution in [2.24, 2.45) is 0 Å². The van der Waals surface area contributed by atoms with Crippen LogP contribution in [0.15, 0.2) is 152 Å². The third-order valence-corrected chi connectivity index (χ3v) is 8.84. The molecule has 0 bridgehead atoms. The average molecular weight is 545 g/mol. The van der Waals surface area contributed by atoms with E-state index >= 15 is 0 Å². The van der Waals surface area contributed by atoms with Crippen LogP contribution in [0.25, 0.3) is 27.8 Å². The highest BCUT2D eigenvalue weighted by Crippen LogP contribution is 2.57. The maximum atomic E-state index is 7.40. The lowest BCUT2D eigenvalue weighted by Crippen LogP contribution is -2.28. The molecule has 0 aromatic heterocycles. The van der Waals surface area contributed by atoms with Crippen LogP contribution in [-0.4, -0.2) is 0 Å². The molecule has 0 atom stereocenters. The monoisotopic (exact) mass is 544 g/mol. The Hall–Kier alpha value is -4.65. The lowest BCUT2D eigenvalue weighted by atomic mass is 9.67. The van der Waals surface area contributed by atoms with Gasteiger partial charge in [0, 0.05) is 10.6 Å². The first-order chi connectivity index (χ1) is 20.1. The van der Waals surface area contributed by atoms with Gasteiger partial charge in [0.25, 0.3) is 0 Å². The number of benzene rings is 6. The molecule has 0 saturated heterocycles. The second-order valence-corrected chi connectivity index (χ2v) is 11.2. The van der Waals surface area contributed by atoms with E-state index < -0.39 is 5.41 Å². The van der Waals surface area contributed by atoms with Crippen molar-refractivity contribution in [1.29, 1.82) is 0 Å². The Labute approximate surface area is 247 Å². The number of hydrogen-bond acceptors (Lipinski definition) is 0. The molecular weight excluding hydrogens is 516 g/mol. The minimum absolute atomic E-state index is 0.526. The van der Waals surface area contributed by atoms with Gasteiger partial charge in [0.05, 0.1) is 5.41 Å². The van der Waals surface area contributed by atoms with E-state index in [0.717, 1.165) is 33.4 Å². The summed E-state index contributed by atoms with van der Waals surface area (Å²) in [6, 6.07) is 51.9. The third-order valence-electron chi connectivity index (χ3n) is 8.54. The van der Waals surface area contributed by atoms with Crippen molar-refractivity contribution in [3.63, 3.8) is 0 Å². The first kappa shape index (κ1) is 25.3. The predicted molar refractivity (Wildman–Crippen MR) is 174 cm³/mol. The Morgan fingerprint density at radius 3 is 1.66 bits per heavy atom. The molecule has 196 valence electrons. The van der Waals surface area contributed by atoms with Crippen LogP contribution in [0.1, 0.15) is 38.9 Å². The summed E-state index contributed by atoms with van der Waals surface area (Å²) in [6.45, 7) is 6.73. The molecule has 0 nitrogen and oxygen atoms in total. The fourth-order valence-electron chi connectivity index (χ4n) is 6.71. The van der Waals surface area contributed by atoms with Gasteiger partial charge in [-0.1, -0.05) is 152 Å². The van der Waals surface area contributed by atoms with E-state index in [0.29, 0.717) is 5.02 Å². The van der Waals surface area contributed by atoms with Gasteiger partial charge in [-0.2, -0.15) is 0 Å². The molecule has 0 radical (unpaired) electrons. The summed E-state index contributed by atoms with van der Waals surface area (Å²) >= 11 is 7.40. The Balaban J connectivity index is 1.60. The van der Waals surface area contributed by atoms with Crippen molar-refractivity contribution in [2.45, 2.75) is 12.3 Å². The second-order valence-electron chi connectivity index (χ2n) is 10.7. The van der Waals surface area contributed by atoms with Crippen molar-refractivity contribution in [3.05, 3.63) is 196 Å². The molecule has 7 rings (SSSR count). The van der Waals surface area contributed by atoms with Crippen LogP contribution >= 0.6 is 11.6 Å². The zero-order valence-electron chi connectivity index (χ0n) is 22.9. The molecule has 0 heterocycles. The third kappa shape index (κ3) is 3.90. The molecule has 41 heavy (non-hydrogen) atoms. The summed E-state index contributed by atoms with van der Waals surface area (Å²) in [5, 5.41) is 0.701. The first-order valence-electron chi connectivity index (χ1n) is 14.0. The Bertz CT molecular complexity index is 1870. The van der Waals surface area contributed by atoms with Crippen molar-refractivity contribution in [1.82, 2.24) is 0 Å². The van der Waals surface area contributed by atoms with Crippen molar-refractivity contribution >= 4 is 17.2 Å². The van der Waals surface area contributed by atoms with Crippen LogP contribution in [0.5, 0.6) is 0 Å². The number of halogens is 1. The van der Waals surface area contributed by atoms with Crippen LogP contribution in [0, 0.1) is 6.92 Å². The zero-order valence-corrected chi connectivity index (χ0v) is 23.7. The van der Waals surface area contributed by atoms with Crippen molar-refractivity contribution in [2.75, 3.05) is 0 Å². The van der Waals surface area contributed by atoms with Gasteiger partial charge in [-0.05, 0) is 80.3 Å². The van der Waals surface area contributed by atoms with Gasteiger partial charge in [-0.25, -0.2) is 0 Å². The quantitative estimate of drug-likeness (QED) is 0.202. The highest BCUT2D eigenvalue weighted by atomic mass is 35.5. The van der Waals surface area contributed by atoms with Crippen LogP contribution in [0.2, 0.25) is 5.02 Å². The average Bonchev–Trinajstić information content (AvgIpc) is 3.33. The maximum Gasteiger partial charge on any atom is 0.0714 e. The molecular formula is C40H29Cl. The molecule has 6 aromatic carbocycles. The van der Waals surface area contributed by atoms with Gasteiger partial charge < -0.3 is 0 Å². The summed E-state index contributed by atoms with van der Waals surface area (Å²) in [5.41, 5.74) is 13.3. The van der Waals surface area contributed by atoms with E-state index in [1.807, 2.05) is 18.2 Å². The number of fused-ring (bicyclic) bond motifs is 3. The standard InChI is InChI=1S/C40H29Cl/c1-27-15-9-10-20-32(27)35-25-31(26-38(41)39(35)28(2)29-16-5-3-6-17-29)40(30-18-7-4-8-19-30)36-23-13-11-21-33(36)34-22-12-14-24-37(34)40/h3-26H,2H2,1H3. The molecule has 1 heteroatoms. The fourth-order valence-corrected chi connectivity index (χ4v) is 7.05. The van der Waals surface area contributed by atoms with Crippen molar-refractivity contribution in [3.8, 4) is 22.3 Å². The predicted octanol–water partition coefficient (Wildman–Crippen LogP) is 10.7. The lowest BCUT2D eigenvalue weighted by Gasteiger charge is -2.35. The minimum Gasteiger partial charge on any atom is -0.0905 e. The van der Waals surface area contributed by atoms with Gasteiger partial charge in [-0.15, -0.1) is 0 Å². The van der Waals surface area contributed by atoms with Crippen molar-refractivity contribution < 1.29 is 0 Å². The summed E-state index contributed by atoms with van der Waals surface area (Å²) < 4.78 is 0. The van der Waals surface area contributed by atoms with Gasteiger partial charge in [0.1, 0.15) is 0 Å². The molecule has 0 unspecified atom stereocenters. The van der Waals surface area contributed by atoms with Crippen LogP contribution < -0.4 is 0 Å². The van der Waals surface area contributed by atoms with E-state index in [2.05, 4.69) is 141 Å². The van der Waals surface area contributed by atoms with Crippen LogP contribution in [-0.2, 0) is 5.41 Å². The summed E-state index contributed by atoms with van der Waals surface area (Å²) in [5.74, 6) is 0. The summed E-state index contributed by atoms with van der Waals surface area (Å²) in [7, 11) is 0. The maximum absolute atomic E-state index is 7.40.